The SMILES string of the molecule is CN(c1ccc(Cl)cc1)S(=O)(=O)c1ccc(C(=O)Nc2nc(-c3ccccn3)cs2)cc1. The third-order valence-corrected chi connectivity index (χ3v) is 7.43. The molecule has 4 rings (SSSR count). The van der Waals surface area contributed by atoms with E-state index in [2.05, 4.69) is 15.3 Å². The smallest absolute Gasteiger partial charge is 0.264 e. The molecule has 1 N–H and O–H groups in total. The monoisotopic (exact) mass is 484 g/mol. The van der Waals surface area contributed by atoms with Gasteiger partial charge in [0.1, 0.15) is 5.69 Å². The van der Waals surface area contributed by atoms with Crippen molar-refractivity contribution in [3.63, 3.8) is 0 Å². The lowest BCUT2D eigenvalue weighted by Gasteiger charge is -2.19. The first kappa shape index (κ1) is 21.9. The van der Waals surface area contributed by atoms with Crippen LogP contribution in [0.4, 0.5) is 10.8 Å². The average Bonchev–Trinajstić information content (AvgIpc) is 3.28. The molecule has 2 aromatic heterocycles. The van der Waals surface area contributed by atoms with Crippen molar-refractivity contribution in [2.75, 3.05) is 16.7 Å². The number of carbonyl (C=O) groups is 1. The summed E-state index contributed by atoms with van der Waals surface area (Å²) >= 11 is 7.15. The van der Waals surface area contributed by atoms with Gasteiger partial charge >= 0.3 is 0 Å². The van der Waals surface area contributed by atoms with Crippen LogP contribution in [0.5, 0.6) is 0 Å². The summed E-state index contributed by atoms with van der Waals surface area (Å²) in [4.78, 5) is 21.3. The average molecular weight is 485 g/mol. The minimum absolute atomic E-state index is 0.0678. The molecule has 2 aromatic carbocycles. The van der Waals surface area contributed by atoms with Gasteiger partial charge < -0.3 is 0 Å². The predicted octanol–water partition coefficient (Wildman–Crippen LogP) is 4.94. The van der Waals surface area contributed by atoms with Crippen molar-refractivity contribution in [3.05, 3.63) is 88.9 Å². The fourth-order valence-corrected chi connectivity index (χ4v) is 4.88. The summed E-state index contributed by atoms with van der Waals surface area (Å²) in [7, 11) is -2.33. The Morgan fingerprint density at radius 1 is 1.00 bits per heavy atom. The Morgan fingerprint density at radius 3 is 2.38 bits per heavy atom. The molecule has 0 radical (unpaired) electrons. The van der Waals surface area contributed by atoms with Crippen molar-refractivity contribution in [2.45, 2.75) is 4.90 Å². The summed E-state index contributed by atoms with van der Waals surface area (Å²) in [5.41, 5.74) is 2.16. The summed E-state index contributed by atoms with van der Waals surface area (Å²) in [6.45, 7) is 0. The van der Waals surface area contributed by atoms with E-state index in [1.165, 1.54) is 42.6 Å². The number of nitrogens with one attached hydrogen (secondary N) is 1. The maximum Gasteiger partial charge on any atom is 0.264 e. The van der Waals surface area contributed by atoms with Crippen LogP contribution in [0.15, 0.2) is 83.2 Å². The van der Waals surface area contributed by atoms with Crippen LogP contribution < -0.4 is 9.62 Å². The van der Waals surface area contributed by atoms with Gasteiger partial charge in [0.25, 0.3) is 15.9 Å². The second-order valence-electron chi connectivity index (χ2n) is 6.68. The molecule has 0 aliphatic heterocycles. The Morgan fingerprint density at radius 2 is 1.72 bits per heavy atom. The van der Waals surface area contributed by atoms with Gasteiger partial charge in [-0.25, -0.2) is 13.4 Å². The summed E-state index contributed by atoms with van der Waals surface area (Å²) in [6, 6.07) is 17.7. The van der Waals surface area contributed by atoms with Gasteiger partial charge in [-0.1, -0.05) is 17.7 Å². The van der Waals surface area contributed by atoms with Crippen LogP contribution in [0.25, 0.3) is 11.4 Å². The predicted molar refractivity (Wildman–Crippen MR) is 127 cm³/mol. The van der Waals surface area contributed by atoms with E-state index in [0.717, 1.165) is 4.31 Å². The number of aromatic nitrogens is 2. The first-order chi connectivity index (χ1) is 15.3. The lowest BCUT2D eigenvalue weighted by atomic mass is 10.2. The molecule has 4 aromatic rings. The second-order valence-corrected chi connectivity index (χ2v) is 9.94. The summed E-state index contributed by atoms with van der Waals surface area (Å²) in [5.74, 6) is -0.387. The highest BCUT2D eigenvalue weighted by atomic mass is 35.5. The molecule has 0 saturated carbocycles. The van der Waals surface area contributed by atoms with Crippen molar-refractivity contribution in [1.82, 2.24) is 9.97 Å². The fourth-order valence-electron chi connectivity index (χ4n) is 2.86. The third kappa shape index (κ3) is 4.64. The van der Waals surface area contributed by atoms with Gasteiger partial charge in [-0.05, 0) is 60.7 Å². The van der Waals surface area contributed by atoms with Crippen molar-refractivity contribution in [3.8, 4) is 11.4 Å². The molecule has 0 bridgehead atoms. The molecule has 0 saturated heterocycles. The number of rotatable bonds is 6. The lowest BCUT2D eigenvalue weighted by Crippen LogP contribution is -2.26. The number of anilines is 2. The molecule has 32 heavy (non-hydrogen) atoms. The molecule has 1 amide bonds. The lowest BCUT2D eigenvalue weighted by molar-refractivity contribution is 0.102. The number of carbonyl (C=O) groups excluding carboxylic acids is 1. The van der Waals surface area contributed by atoms with Gasteiger partial charge in [-0.15, -0.1) is 11.3 Å². The number of nitrogens with zero attached hydrogens (tertiary/aromatic N) is 3. The molecule has 0 atom stereocenters. The maximum atomic E-state index is 12.9. The zero-order valence-electron chi connectivity index (χ0n) is 16.8. The molecule has 0 unspecified atom stereocenters. The van der Waals surface area contributed by atoms with Crippen molar-refractivity contribution < 1.29 is 13.2 Å². The number of benzene rings is 2. The minimum atomic E-state index is -3.79. The Bertz CT molecular complexity index is 1340. The highest BCUT2D eigenvalue weighted by molar-refractivity contribution is 7.92. The van der Waals surface area contributed by atoms with Gasteiger partial charge in [-0.3, -0.25) is 19.4 Å². The van der Waals surface area contributed by atoms with E-state index in [9.17, 15) is 13.2 Å². The highest BCUT2D eigenvalue weighted by Crippen LogP contribution is 2.25. The molecule has 0 spiro atoms. The van der Waals surface area contributed by atoms with E-state index in [4.69, 9.17) is 11.6 Å². The minimum Gasteiger partial charge on any atom is -0.298 e. The van der Waals surface area contributed by atoms with E-state index >= 15 is 0 Å². The van der Waals surface area contributed by atoms with Crippen LogP contribution in [0.3, 0.4) is 0 Å². The van der Waals surface area contributed by atoms with Crippen molar-refractivity contribution >= 4 is 49.7 Å². The first-order valence-electron chi connectivity index (χ1n) is 9.37. The zero-order valence-corrected chi connectivity index (χ0v) is 19.2. The molecule has 10 heteroatoms. The van der Waals surface area contributed by atoms with Gasteiger partial charge in [0.05, 0.1) is 16.3 Å². The quantitative estimate of drug-likeness (QED) is 0.418. The van der Waals surface area contributed by atoms with Crippen LogP contribution in [0, 0.1) is 0 Å². The van der Waals surface area contributed by atoms with Crippen LogP contribution in [-0.2, 0) is 10.0 Å². The Hall–Kier alpha value is -3.27. The van der Waals surface area contributed by atoms with E-state index in [1.54, 1.807) is 35.8 Å². The van der Waals surface area contributed by atoms with Crippen LogP contribution >= 0.6 is 22.9 Å². The number of thiazole rings is 1. The van der Waals surface area contributed by atoms with Gasteiger partial charge in [-0.2, -0.15) is 0 Å². The summed E-state index contributed by atoms with van der Waals surface area (Å²) in [6.07, 6.45) is 1.67. The van der Waals surface area contributed by atoms with Crippen LogP contribution in [-0.4, -0.2) is 31.3 Å². The van der Waals surface area contributed by atoms with E-state index in [0.29, 0.717) is 32.8 Å². The number of amides is 1. The number of pyridine rings is 1. The first-order valence-corrected chi connectivity index (χ1v) is 12.1. The standard InChI is InChI=1S/C22H17ClN4O3S2/c1-27(17-9-7-16(23)8-10-17)32(29,30)18-11-5-15(6-12-18)21(28)26-22-25-20(14-31-22)19-4-2-3-13-24-19/h2-14H,1H3,(H,25,26,28). The van der Waals surface area contributed by atoms with Gasteiger partial charge in [0.15, 0.2) is 5.13 Å². The molecule has 0 aliphatic rings. The maximum absolute atomic E-state index is 12.9. The topological polar surface area (TPSA) is 92.3 Å². The molecular formula is C22H17ClN4O3S2. The number of halogens is 1. The summed E-state index contributed by atoms with van der Waals surface area (Å²) in [5, 5.41) is 5.48. The van der Waals surface area contributed by atoms with E-state index in [1.807, 2.05) is 18.2 Å². The number of hydrogen-bond donors (Lipinski definition) is 1. The Labute approximate surface area is 194 Å². The summed E-state index contributed by atoms with van der Waals surface area (Å²) < 4.78 is 27.0. The highest BCUT2D eigenvalue weighted by Gasteiger charge is 2.22. The number of sulfonamides is 1. The molecule has 162 valence electrons. The molecule has 0 aliphatic carbocycles. The van der Waals surface area contributed by atoms with Crippen molar-refractivity contribution in [1.29, 1.82) is 0 Å². The zero-order chi connectivity index (χ0) is 22.7. The second kappa shape index (κ2) is 9.07. The van der Waals surface area contributed by atoms with Crippen LogP contribution in [0.2, 0.25) is 5.02 Å². The fraction of sp³-hybridized carbons (Fsp3) is 0.0455. The van der Waals surface area contributed by atoms with Crippen LogP contribution in [0.1, 0.15) is 10.4 Å². The largest absolute Gasteiger partial charge is 0.298 e. The Balaban J connectivity index is 1.48. The molecular weight excluding hydrogens is 468 g/mol. The Kier molecular flexibility index (Phi) is 6.22. The molecule has 2 heterocycles. The number of hydrogen-bond acceptors (Lipinski definition) is 6. The van der Waals surface area contributed by atoms with E-state index < -0.39 is 10.0 Å². The van der Waals surface area contributed by atoms with Gasteiger partial charge in [0, 0.05) is 29.2 Å². The normalized spacial score (nSPS) is 11.2. The third-order valence-electron chi connectivity index (χ3n) is 4.62. The molecule has 7 nitrogen and oxygen atoms in total. The van der Waals surface area contributed by atoms with Gasteiger partial charge in [0.2, 0.25) is 0 Å². The van der Waals surface area contributed by atoms with Crippen molar-refractivity contribution in [2.24, 2.45) is 0 Å². The van der Waals surface area contributed by atoms with E-state index in [-0.39, 0.29) is 10.8 Å². The molecule has 0 fully saturated rings.